The number of nitrogens with one attached hydrogen (secondary N) is 1. The molecule has 0 radical (unpaired) electrons. The van der Waals surface area contributed by atoms with Crippen molar-refractivity contribution in [3.05, 3.63) is 64.8 Å². The van der Waals surface area contributed by atoms with Crippen LogP contribution < -0.4 is 11.1 Å². The van der Waals surface area contributed by atoms with Gasteiger partial charge in [-0.05, 0) is 76.3 Å². The maximum Gasteiger partial charge on any atom is 0.129 e. The molecule has 2 unspecified atom stereocenters. The number of aryl methyl sites for hydroxylation is 3. The first kappa shape index (κ1) is 22.9. The van der Waals surface area contributed by atoms with Crippen molar-refractivity contribution in [3.8, 4) is 11.4 Å². The summed E-state index contributed by atoms with van der Waals surface area (Å²) in [6.45, 7) is 11.6. The maximum atomic E-state index is 6.21. The Bertz CT molecular complexity index is 1070. The van der Waals surface area contributed by atoms with Crippen LogP contribution in [0.2, 0.25) is 0 Å². The number of aromatic nitrogens is 3. The van der Waals surface area contributed by atoms with Crippen molar-refractivity contribution in [1.82, 2.24) is 14.8 Å². The Morgan fingerprint density at radius 2 is 2.06 bits per heavy atom. The van der Waals surface area contributed by atoms with Crippen LogP contribution in [0.25, 0.3) is 11.4 Å². The highest BCUT2D eigenvalue weighted by molar-refractivity contribution is 7.99. The smallest absolute Gasteiger partial charge is 0.129 e. The summed E-state index contributed by atoms with van der Waals surface area (Å²) in [7, 11) is 0. The molecule has 4 rings (SSSR count). The molecule has 1 aliphatic heterocycles. The summed E-state index contributed by atoms with van der Waals surface area (Å²) >= 11 is 1.99. The fourth-order valence-corrected chi connectivity index (χ4v) is 5.69. The van der Waals surface area contributed by atoms with Crippen LogP contribution in [-0.2, 0) is 13.0 Å². The molecule has 0 saturated heterocycles. The minimum atomic E-state index is -0.146. The van der Waals surface area contributed by atoms with Crippen LogP contribution in [0.4, 0.5) is 5.82 Å². The monoisotopic (exact) mass is 449 g/mol. The van der Waals surface area contributed by atoms with Gasteiger partial charge in [-0.2, -0.15) is 5.10 Å². The fourth-order valence-electron chi connectivity index (χ4n) is 4.30. The number of fused-ring (bicyclic) bond motifs is 1. The average Bonchev–Trinajstić information content (AvgIpc) is 3.02. The van der Waals surface area contributed by atoms with E-state index in [1.54, 1.807) is 0 Å². The van der Waals surface area contributed by atoms with E-state index >= 15 is 0 Å². The second-order valence-electron chi connectivity index (χ2n) is 9.58. The summed E-state index contributed by atoms with van der Waals surface area (Å²) < 4.78 is 2.10. The Hall–Kier alpha value is -2.31. The third-order valence-corrected chi connectivity index (χ3v) is 7.54. The van der Waals surface area contributed by atoms with E-state index in [0.717, 1.165) is 42.3 Å². The number of hydrogen-bond donors (Lipinski definition) is 2. The van der Waals surface area contributed by atoms with Crippen molar-refractivity contribution in [2.24, 2.45) is 5.73 Å². The molecular formula is C26H35N5S. The van der Waals surface area contributed by atoms with E-state index < -0.39 is 0 Å². The Balaban J connectivity index is 1.79. The number of hydrogen-bond acceptors (Lipinski definition) is 5. The van der Waals surface area contributed by atoms with Gasteiger partial charge >= 0.3 is 0 Å². The molecule has 3 heterocycles. The van der Waals surface area contributed by atoms with Gasteiger partial charge in [0.2, 0.25) is 0 Å². The normalized spacial score (nSPS) is 18.7. The Morgan fingerprint density at radius 3 is 2.72 bits per heavy atom. The summed E-state index contributed by atoms with van der Waals surface area (Å²) in [6.07, 6.45) is 3.82. The highest BCUT2D eigenvalue weighted by Crippen LogP contribution is 2.47. The minimum Gasteiger partial charge on any atom is -0.367 e. The molecule has 0 bridgehead atoms. The van der Waals surface area contributed by atoms with E-state index in [0.29, 0.717) is 6.04 Å². The molecule has 1 aliphatic rings. The lowest BCUT2D eigenvalue weighted by Crippen LogP contribution is -2.32. The summed E-state index contributed by atoms with van der Waals surface area (Å²) in [5.41, 5.74) is 13.3. The molecule has 0 spiro atoms. The molecular weight excluding hydrogens is 414 g/mol. The van der Waals surface area contributed by atoms with E-state index in [9.17, 15) is 0 Å². The zero-order valence-electron chi connectivity index (χ0n) is 19.9. The number of benzene rings is 1. The molecule has 0 saturated carbocycles. The van der Waals surface area contributed by atoms with Crippen LogP contribution in [0.15, 0.2) is 42.6 Å². The molecule has 3 aromatic rings. The predicted octanol–water partition coefficient (Wildman–Crippen LogP) is 5.58. The van der Waals surface area contributed by atoms with Gasteiger partial charge in [0.25, 0.3) is 0 Å². The molecule has 170 valence electrons. The van der Waals surface area contributed by atoms with E-state index in [-0.39, 0.29) is 10.8 Å². The van der Waals surface area contributed by atoms with Gasteiger partial charge < -0.3 is 11.1 Å². The van der Waals surface area contributed by atoms with Gasteiger partial charge in [-0.25, -0.2) is 4.68 Å². The molecule has 6 heteroatoms. The summed E-state index contributed by atoms with van der Waals surface area (Å²) in [5, 5.41) is 8.95. The van der Waals surface area contributed by atoms with Crippen molar-refractivity contribution in [3.63, 3.8) is 0 Å². The van der Waals surface area contributed by atoms with E-state index in [4.69, 9.17) is 10.8 Å². The molecule has 2 aromatic heterocycles. The summed E-state index contributed by atoms with van der Waals surface area (Å²) in [5.74, 6) is 2.16. The summed E-state index contributed by atoms with van der Waals surface area (Å²) in [6, 6.07) is 13.4. The number of anilines is 1. The van der Waals surface area contributed by atoms with Crippen molar-refractivity contribution in [2.75, 3.05) is 11.1 Å². The van der Waals surface area contributed by atoms with E-state index in [1.165, 1.54) is 22.3 Å². The quantitative estimate of drug-likeness (QED) is 0.514. The topological polar surface area (TPSA) is 68.8 Å². The molecule has 2 atom stereocenters. The second-order valence-corrected chi connectivity index (χ2v) is 10.7. The van der Waals surface area contributed by atoms with Gasteiger partial charge in [0.05, 0.1) is 10.9 Å². The van der Waals surface area contributed by atoms with Crippen LogP contribution in [0.1, 0.15) is 61.6 Å². The number of pyridine rings is 1. The first-order valence-corrected chi connectivity index (χ1v) is 12.6. The third kappa shape index (κ3) is 4.86. The molecule has 0 fully saturated rings. The highest BCUT2D eigenvalue weighted by Gasteiger charge is 2.32. The Labute approximate surface area is 196 Å². The van der Waals surface area contributed by atoms with Crippen LogP contribution in [0.3, 0.4) is 0 Å². The zero-order chi connectivity index (χ0) is 22.9. The standard InChI is InChI=1S/C26H35N5S/c1-6-31-25-22(23(30-31)21-9-7-8-14-28-21)24(32-16-18(3)29-25)20-11-10-19(15-17(20)2)12-13-26(4,5)27/h7-11,14-15,18,24,29H,6,12-13,16,27H2,1-5H3. The third-order valence-electron chi connectivity index (χ3n) is 6.03. The molecule has 3 N–H and O–H groups in total. The van der Waals surface area contributed by atoms with Crippen molar-refractivity contribution in [2.45, 2.75) is 70.8 Å². The van der Waals surface area contributed by atoms with Gasteiger partial charge in [-0.3, -0.25) is 4.98 Å². The minimum absolute atomic E-state index is 0.146. The first-order chi connectivity index (χ1) is 15.3. The lowest BCUT2D eigenvalue weighted by molar-refractivity contribution is 0.477. The molecule has 5 nitrogen and oxygen atoms in total. The zero-order valence-corrected chi connectivity index (χ0v) is 20.7. The molecule has 0 amide bonds. The molecule has 0 aliphatic carbocycles. The lowest BCUT2D eigenvalue weighted by Gasteiger charge is -2.21. The fraction of sp³-hybridized carbons (Fsp3) is 0.462. The Kier molecular flexibility index (Phi) is 6.63. The number of thioether (sulfide) groups is 1. The van der Waals surface area contributed by atoms with Crippen LogP contribution in [-0.4, -0.2) is 32.1 Å². The largest absolute Gasteiger partial charge is 0.367 e. The predicted molar refractivity (Wildman–Crippen MR) is 136 cm³/mol. The van der Waals surface area contributed by atoms with Crippen LogP contribution in [0, 0.1) is 6.92 Å². The average molecular weight is 450 g/mol. The van der Waals surface area contributed by atoms with Crippen molar-refractivity contribution in [1.29, 1.82) is 0 Å². The lowest BCUT2D eigenvalue weighted by atomic mass is 9.92. The molecule has 1 aromatic carbocycles. The van der Waals surface area contributed by atoms with Crippen molar-refractivity contribution >= 4 is 17.6 Å². The van der Waals surface area contributed by atoms with Gasteiger partial charge in [-0.15, -0.1) is 11.8 Å². The highest BCUT2D eigenvalue weighted by atomic mass is 32.2. The van der Waals surface area contributed by atoms with E-state index in [1.807, 2.05) is 30.1 Å². The van der Waals surface area contributed by atoms with Gasteiger partial charge in [-0.1, -0.05) is 24.3 Å². The van der Waals surface area contributed by atoms with Gasteiger partial charge in [0, 0.05) is 35.6 Å². The number of nitrogens with zero attached hydrogens (tertiary/aromatic N) is 3. The van der Waals surface area contributed by atoms with E-state index in [2.05, 4.69) is 73.9 Å². The van der Waals surface area contributed by atoms with Crippen LogP contribution in [0.5, 0.6) is 0 Å². The molecule has 32 heavy (non-hydrogen) atoms. The first-order valence-electron chi connectivity index (χ1n) is 11.6. The van der Waals surface area contributed by atoms with Crippen molar-refractivity contribution < 1.29 is 0 Å². The number of rotatable bonds is 6. The van der Waals surface area contributed by atoms with Crippen LogP contribution >= 0.6 is 11.8 Å². The maximum absolute atomic E-state index is 6.21. The number of nitrogens with two attached hydrogens (primary N) is 1. The van der Waals surface area contributed by atoms with Gasteiger partial charge in [0.15, 0.2) is 0 Å². The second kappa shape index (κ2) is 9.28. The summed E-state index contributed by atoms with van der Waals surface area (Å²) in [4.78, 5) is 4.64. The Morgan fingerprint density at radius 1 is 1.25 bits per heavy atom. The SMILES string of the molecule is CCn1nc(-c2ccccn2)c2c1NC(C)CSC2c1ccc(CCC(C)(C)N)cc1C. The van der Waals surface area contributed by atoms with Gasteiger partial charge in [0.1, 0.15) is 11.5 Å².